The molecule has 24 heavy (non-hydrogen) atoms. The van der Waals surface area contributed by atoms with Crippen molar-refractivity contribution in [2.45, 2.75) is 19.8 Å². The van der Waals surface area contributed by atoms with Gasteiger partial charge in [-0.05, 0) is 31.2 Å². The smallest absolute Gasteiger partial charge is 0.145 e. The molecule has 3 rings (SSSR count). The summed E-state index contributed by atoms with van der Waals surface area (Å²) < 4.78 is 6.03. The van der Waals surface area contributed by atoms with Crippen LogP contribution in [0.5, 0.6) is 5.75 Å². The highest BCUT2D eigenvalue weighted by Crippen LogP contribution is 2.33. The summed E-state index contributed by atoms with van der Waals surface area (Å²) in [6.07, 6.45) is 2.31. The van der Waals surface area contributed by atoms with Crippen molar-refractivity contribution < 1.29 is 14.5 Å². The highest BCUT2D eigenvalue weighted by Gasteiger charge is 2.20. The van der Waals surface area contributed by atoms with Gasteiger partial charge in [-0.15, -0.1) is 0 Å². The number of halogens is 1. The van der Waals surface area contributed by atoms with Gasteiger partial charge in [-0.1, -0.05) is 41.9 Å². The third-order valence-corrected chi connectivity index (χ3v) is 5.46. The summed E-state index contributed by atoms with van der Waals surface area (Å²) in [5, 5.41) is 2.99. The molecule has 1 aliphatic rings. The number of fused-ring (bicyclic) bond motifs is 1. The van der Waals surface area contributed by atoms with E-state index in [0.717, 1.165) is 24.2 Å². The number of benzene rings is 2. The van der Waals surface area contributed by atoms with Crippen molar-refractivity contribution in [3.8, 4) is 5.75 Å². The Kier molecular flexibility index (Phi) is 6.36. The summed E-state index contributed by atoms with van der Waals surface area (Å²) in [7, 11) is 0. The fraction of sp³-hybridized carbons (Fsp3) is 0.500. The van der Waals surface area contributed by atoms with Crippen molar-refractivity contribution >= 4 is 22.4 Å². The number of nitrogens with one attached hydrogen (secondary N) is 2. The Balaban J connectivity index is 1.43. The minimum Gasteiger partial charge on any atom is -0.491 e. The minimum atomic E-state index is 0.706. The van der Waals surface area contributed by atoms with Crippen molar-refractivity contribution in [1.82, 2.24) is 0 Å². The molecular formula is C20H29ClN2O+2. The van der Waals surface area contributed by atoms with E-state index in [0.29, 0.717) is 5.02 Å². The van der Waals surface area contributed by atoms with Crippen LogP contribution in [-0.4, -0.2) is 45.9 Å². The molecule has 1 aliphatic heterocycles. The number of hydrogen-bond acceptors (Lipinski definition) is 1. The van der Waals surface area contributed by atoms with Crippen molar-refractivity contribution in [1.29, 1.82) is 0 Å². The number of unbranched alkanes of at least 4 members (excludes halogenated alkanes) is 1. The molecule has 2 aromatic carbocycles. The van der Waals surface area contributed by atoms with Gasteiger partial charge in [0.05, 0.1) is 24.7 Å². The van der Waals surface area contributed by atoms with Gasteiger partial charge in [-0.25, -0.2) is 0 Å². The Hall–Kier alpha value is -1.29. The van der Waals surface area contributed by atoms with E-state index in [9.17, 15) is 0 Å². The van der Waals surface area contributed by atoms with Crippen LogP contribution in [0.15, 0.2) is 36.4 Å². The van der Waals surface area contributed by atoms with Crippen molar-refractivity contribution in [2.24, 2.45) is 0 Å². The topological polar surface area (TPSA) is 18.1 Å². The zero-order valence-corrected chi connectivity index (χ0v) is 15.4. The van der Waals surface area contributed by atoms with Gasteiger partial charge in [0, 0.05) is 5.39 Å². The zero-order valence-electron chi connectivity index (χ0n) is 14.6. The van der Waals surface area contributed by atoms with Crippen molar-refractivity contribution in [2.75, 3.05) is 45.9 Å². The highest BCUT2D eigenvalue weighted by atomic mass is 35.5. The lowest BCUT2D eigenvalue weighted by Crippen LogP contribution is -3.28. The van der Waals surface area contributed by atoms with Crippen LogP contribution in [-0.2, 0) is 0 Å². The van der Waals surface area contributed by atoms with Gasteiger partial charge >= 0.3 is 0 Å². The molecule has 0 amide bonds. The molecule has 0 aliphatic carbocycles. The van der Waals surface area contributed by atoms with Gasteiger partial charge in [0.1, 0.15) is 31.9 Å². The average molecular weight is 349 g/mol. The lowest BCUT2D eigenvalue weighted by molar-refractivity contribution is -1.01. The van der Waals surface area contributed by atoms with E-state index in [4.69, 9.17) is 16.3 Å². The molecule has 3 nitrogen and oxygen atoms in total. The van der Waals surface area contributed by atoms with E-state index in [1.807, 2.05) is 24.3 Å². The Bertz CT molecular complexity index is 653. The predicted molar refractivity (Wildman–Crippen MR) is 100 cm³/mol. The number of hydrogen-bond donors (Lipinski definition) is 2. The van der Waals surface area contributed by atoms with E-state index in [1.165, 1.54) is 51.1 Å². The molecule has 1 saturated heterocycles. The first-order chi connectivity index (χ1) is 11.8. The van der Waals surface area contributed by atoms with Gasteiger partial charge in [0.25, 0.3) is 0 Å². The van der Waals surface area contributed by atoms with Crippen LogP contribution in [0.1, 0.15) is 19.8 Å². The average Bonchev–Trinajstić information content (AvgIpc) is 2.63. The van der Waals surface area contributed by atoms with Crippen molar-refractivity contribution in [3.05, 3.63) is 41.4 Å². The van der Waals surface area contributed by atoms with Gasteiger partial charge < -0.3 is 14.5 Å². The largest absolute Gasteiger partial charge is 0.491 e. The maximum Gasteiger partial charge on any atom is 0.145 e. The van der Waals surface area contributed by atoms with Crippen LogP contribution in [0.2, 0.25) is 5.02 Å². The van der Waals surface area contributed by atoms with Crippen LogP contribution < -0.4 is 14.5 Å². The van der Waals surface area contributed by atoms with Crippen molar-refractivity contribution in [3.63, 3.8) is 0 Å². The Morgan fingerprint density at radius 1 is 0.958 bits per heavy atom. The number of ether oxygens (including phenoxy) is 1. The molecule has 4 heteroatoms. The molecule has 0 saturated carbocycles. The van der Waals surface area contributed by atoms with Gasteiger partial charge in [-0.3, -0.25) is 0 Å². The first kappa shape index (κ1) is 17.5. The molecule has 130 valence electrons. The van der Waals surface area contributed by atoms with E-state index < -0.39 is 0 Å². The monoisotopic (exact) mass is 348 g/mol. The second-order valence-electron chi connectivity index (χ2n) is 6.76. The number of quaternary nitrogens is 2. The molecule has 0 bridgehead atoms. The SMILES string of the molecule is CC[NH+]1CC[NH+](CCCCOc2c(Cl)ccc3ccccc23)CC1. The van der Waals surface area contributed by atoms with Gasteiger partial charge in [-0.2, -0.15) is 0 Å². The summed E-state index contributed by atoms with van der Waals surface area (Å²) in [4.78, 5) is 3.52. The molecule has 1 fully saturated rings. The van der Waals surface area contributed by atoms with Crippen LogP contribution in [0.4, 0.5) is 0 Å². The molecule has 0 atom stereocenters. The maximum atomic E-state index is 6.33. The zero-order chi connectivity index (χ0) is 16.8. The predicted octanol–water partition coefficient (Wildman–Crippen LogP) is 1.46. The van der Waals surface area contributed by atoms with Crippen LogP contribution in [0.3, 0.4) is 0 Å². The summed E-state index contributed by atoms with van der Waals surface area (Å²) in [6.45, 7) is 10.9. The third kappa shape index (κ3) is 4.41. The first-order valence-electron chi connectivity index (χ1n) is 9.25. The minimum absolute atomic E-state index is 0.706. The van der Waals surface area contributed by atoms with E-state index >= 15 is 0 Å². The second kappa shape index (κ2) is 8.70. The molecule has 0 aromatic heterocycles. The highest BCUT2D eigenvalue weighted by molar-refractivity contribution is 6.33. The lowest BCUT2D eigenvalue weighted by Gasteiger charge is -2.28. The second-order valence-corrected chi connectivity index (χ2v) is 7.16. The van der Waals surface area contributed by atoms with Crippen LogP contribution in [0, 0.1) is 0 Å². The van der Waals surface area contributed by atoms with Crippen LogP contribution in [0.25, 0.3) is 10.8 Å². The summed E-state index contributed by atoms with van der Waals surface area (Å²) in [6, 6.07) is 12.2. The summed E-state index contributed by atoms with van der Waals surface area (Å²) >= 11 is 6.33. The normalized spacial score (nSPS) is 21.1. The summed E-state index contributed by atoms with van der Waals surface area (Å²) in [5.74, 6) is 0.835. The Labute approximate surface area is 150 Å². The number of rotatable bonds is 7. The molecule has 1 heterocycles. The molecule has 0 radical (unpaired) electrons. The quantitative estimate of drug-likeness (QED) is 0.725. The molecule has 2 aromatic rings. The molecule has 0 spiro atoms. The standard InChI is InChI=1S/C20H27ClN2O/c1-2-22-12-14-23(15-13-22)11-5-6-16-24-20-18-8-4-3-7-17(18)9-10-19(20)21/h3-4,7-10H,2,5-6,11-16H2,1H3/p+2. The fourth-order valence-electron chi connectivity index (χ4n) is 3.58. The number of piperazine rings is 1. The van der Waals surface area contributed by atoms with Crippen LogP contribution >= 0.6 is 11.6 Å². The summed E-state index contributed by atoms with van der Waals surface area (Å²) in [5.41, 5.74) is 0. The van der Waals surface area contributed by atoms with E-state index in [2.05, 4.69) is 19.1 Å². The lowest BCUT2D eigenvalue weighted by atomic mass is 10.1. The van der Waals surface area contributed by atoms with E-state index in [1.54, 1.807) is 9.80 Å². The number of likely N-dealkylation sites (N-methyl/N-ethyl adjacent to an activating group) is 1. The fourth-order valence-corrected chi connectivity index (χ4v) is 3.79. The molecule has 0 unspecified atom stereocenters. The Morgan fingerprint density at radius 3 is 2.50 bits per heavy atom. The van der Waals surface area contributed by atoms with Gasteiger partial charge in [0.15, 0.2) is 0 Å². The third-order valence-electron chi connectivity index (χ3n) is 5.17. The Morgan fingerprint density at radius 2 is 1.71 bits per heavy atom. The first-order valence-corrected chi connectivity index (χ1v) is 9.63. The van der Waals surface area contributed by atoms with E-state index in [-0.39, 0.29) is 0 Å². The maximum absolute atomic E-state index is 6.33. The molecular weight excluding hydrogens is 320 g/mol. The molecule has 2 N–H and O–H groups in total. The van der Waals surface area contributed by atoms with Gasteiger partial charge in [0.2, 0.25) is 0 Å².